The Hall–Kier alpha value is -1.09. The van der Waals surface area contributed by atoms with E-state index in [9.17, 15) is 4.39 Å². The van der Waals surface area contributed by atoms with Crippen LogP contribution in [0.4, 0.5) is 4.39 Å². The van der Waals surface area contributed by atoms with Gasteiger partial charge in [-0.15, -0.1) is 0 Å². The highest BCUT2D eigenvalue weighted by atomic mass is 19.1. The lowest BCUT2D eigenvalue weighted by atomic mass is 10.0. The van der Waals surface area contributed by atoms with Gasteiger partial charge in [0.05, 0.1) is 7.11 Å². The number of ether oxygens (including phenoxy) is 1. The Morgan fingerprint density at radius 2 is 2.12 bits per heavy atom. The van der Waals surface area contributed by atoms with Crippen LogP contribution in [-0.2, 0) is 6.42 Å². The molecule has 88 valence electrons. The van der Waals surface area contributed by atoms with Crippen LogP contribution in [0.5, 0.6) is 5.75 Å². The fourth-order valence-electron chi connectivity index (χ4n) is 2.01. The van der Waals surface area contributed by atoms with Gasteiger partial charge in [-0.25, -0.2) is 4.39 Å². The summed E-state index contributed by atoms with van der Waals surface area (Å²) < 4.78 is 18.6. The van der Waals surface area contributed by atoms with E-state index < -0.39 is 0 Å². The Bertz CT molecular complexity index is 376. The van der Waals surface area contributed by atoms with E-state index >= 15 is 0 Å². The monoisotopic (exact) mass is 223 g/mol. The van der Waals surface area contributed by atoms with Crippen molar-refractivity contribution >= 4 is 0 Å². The van der Waals surface area contributed by atoms with Crippen molar-refractivity contribution in [1.29, 1.82) is 0 Å². The highest BCUT2D eigenvalue weighted by molar-refractivity contribution is 5.38. The van der Waals surface area contributed by atoms with Gasteiger partial charge in [-0.05, 0) is 49.8 Å². The maximum absolute atomic E-state index is 13.6. The maximum Gasteiger partial charge on any atom is 0.165 e. The van der Waals surface area contributed by atoms with Gasteiger partial charge in [-0.1, -0.05) is 6.07 Å². The van der Waals surface area contributed by atoms with E-state index in [4.69, 9.17) is 10.5 Å². The molecular weight excluding hydrogens is 205 g/mol. The SMILES string of the molecule is COc1c(C)cc(CCC2(N)CC2)cc1F. The van der Waals surface area contributed by atoms with Crippen LogP contribution in [0.15, 0.2) is 12.1 Å². The van der Waals surface area contributed by atoms with Gasteiger partial charge in [0.25, 0.3) is 0 Å². The number of hydrogen-bond donors (Lipinski definition) is 1. The lowest BCUT2D eigenvalue weighted by molar-refractivity contribution is 0.383. The van der Waals surface area contributed by atoms with Gasteiger partial charge in [0.1, 0.15) is 0 Å². The van der Waals surface area contributed by atoms with Gasteiger partial charge >= 0.3 is 0 Å². The topological polar surface area (TPSA) is 35.2 Å². The molecule has 0 heterocycles. The van der Waals surface area contributed by atoms with Crippen LogP contribution in [0.1, 0.15) is 30.4 Å². The first kappa shape index (κ1) is 11.4. The molecule has 1 fully saturated rings. The first-order valence-electron chi connectivity index (χ1n) is 5.66. The molecule has 0 bridgehead atoms. The molecule has 1 aliphatic carbocycles. The average Bonchev–Trinajstić information content (AvgIpc) is 2.94. The lowest BCUT2D eigenvalue weighted by Crippen LogP contribution is -2.22. The van der Waals surface area contributed by atoms with Crippen LogP contribution < -0.4 is 10.5 Å². The second-order valence-corrected chi connectivity index (χ2v) is 4.79. The van der Waals surface area contributed by atoms with E-state index in [1.54, 1.807) is 6.07 Å². The smallest absolute Gasteiger partial charge is 0.165 e. The van der Waals surface area contributed by atoms with Gasteiger partial charge in [-0.3, -0.25) is 0 Å². The second-order valence-electron chi connectivity index (χ2n) is 4.79. The minimum atomic E-state index is -0.278. The van der Waals surface area contributed by atoms with E-state index in [-0.39, 0.29) is 11.4 Å². The van der Waals surface area contributed by atoms with Crippen LogP contribution in [0.25, 0.3) is 0 Å². The summed E-state index contributed by atoms with van der Waals surface area (Å²) >= 11 is 0. The molecule has 0 amide bonds. The number of nitrogens with two attached hydrogens (primary N) is 1. The van der Waals surface area contributed by atoms with Crippen LogP contribution >= 0.6 is 0 Å². The first-order chi connectivity index (χ1) is 7.54. The molecule has 0 saturated heterocycles. The van der Waals surface area contributed by atoms with Gasteiger partial charge < -0.3 is 10.5 Å². The molecular formula is C13H18FNO. The van der Waals surface area contributed by atoms with Crippen molar-refractivity contribution in [2.45, 2.75) is 38.1 Å². The summed E-state index contributed by atoms with van der Waals surface area (Å²) in [5.74, 6) is 0.0667. The minimum absolute atomic E-state index is 0.0321. The predicted octanol–water partition coefficient (Wildman–Crippen LogP) is 2.57. The molecule has 1 aromatic carbocycles. The Kier molecular flexibility index (Phi) is 2.89. The highest BCUT2D eigenvalue weighted by Gasteiger charge is 2.37. The van der Waals surface area contributed by atoms with Crippen molar-refractivity contribution in [3.05, 3.63) is 29.1 Å². The Balaban J connectivity index is 2.10. The molecule has 0 aliphatic heterocycles. The number of methoxy groups -OCH3 is 1. The van der Waals surface area contributed by atoms with Crippen molar-refractivity contribution in [3.8, 4) is 5.75 Å². The maximum atomic E-state index is 13.6. The fourth-order valence-corrected chi connectivity index (χ4v) is 2.01. The molecule has 2 nitrogen and oxygen atoms in total. The molecule has 0 unspecified atom stereocenters. The van der Waals surface area contributed by atoms with E-state index in [0.29, 0.717) is 5.75 Å². The first-order valence-corrected chi connectivity index (χ1v) is 5.66. The Labute approximate surface area is 95.6 Å². The molecule has 16 heavy (non-hydrogen) atoms. The normalized spacial score (nSPS) is 17.2. The summed E-state index contributed by atoms with van der Waals surface area (Å²) in [5, 5.41) is 0. The van der Waals surface area contributed by atoms with Crippen molar-refractivity contribution in [3.63, 3.8) is 0 Å². The molecule has 0 aromatic heterocycles. The van der Waals surface area contributed by atoms with E-state index in [1.807, 2.05) is 13.0 Å². The number of rotatable bonds is 4. The van der Waals surface area contributed by atoms with Crippen molar-refractivity contribution in [1.82, 2.24) is 0 Å². The Morgan fingerprint density at radius 1 is 1.44 bits per heavy atom. The van der Waals surface area contributed by atoms with Gasteiger partial charge in [-0.2, -0.15) is 0 Å². The van der Waals surface area contributed by atoms with Crippen molar-refractivity contribution in [2.75, 3.05) is 7.11 Å². The number of halogens is 1. The third kappa shape index (κ3) is 2.35. The largest absolute Gasteiger partial charge is 0.493 e. The van der Waals surface area contributed by atoms with E-state index in [2.05, 4.69) is 0 Å². The zero-order valence-corrected chi connectivity index (χ0v) is 9.85. The highest BCUT2D eigenvalue weighted by Crippen LogP contribution is 2.37. The zero-order valence-electron chi connectivity index (χ0n) is 9.85. The van der Waals surface area contributed by atoms with Crippen LogP contribution in [0.2, 0.25) is 0 Å². The van der Waals surface area contributed by atoms with E-state index in [1.165, 1.54) is 7.11 Å². The molecule has 1 aromatic rings. The zero-order chi connectivity index (χ0) is 11.8. The van der Waals surface area contributed by atoms with Crippen molar-refractivity contribution < 1.29 is 9.13 Å². The summed E-state index contributed by atoms with van der Waals surface area (Å²) in [5.41, 5.74) is 7.89. The lowest BCUT2D eigenvalue weighted by Gasteiger charge is -2.11. The molecule has 0 radical (unpaired) electrons. The summed E-state index contributed by atoms with van der Waals surface area (Å²) in [4.78, 5) is 0. The average molecular weight is 223 g/mol. The predicted molar refractivity (Wildman–Crippen MR) is 62.2 cm³/mol. The van der Waals surface area contributed by atoms with Crippen LogP contribution in [0, 0.1) is 12.7 Å². The third-order valence-corrected chi connectivity index (χ3v) is 3.30. The van der Waals surface area contributed by atoms with Gasteiger partial charge in [0, 0.05) is 5.54 Å². The summed E-state index contributed by atoms with van der Waals surface area (Å²) in [6, 6.07) is 3.53. The van der Waals surface area contributed by atoms with Gasteiger partial charge in [0.15, 0.2) is 11.6 Å². The summed E-state index contributed by atoms with van der Waals surface area (Å²) in [6.45, 7) is 1.86. The molecule has 0 spiro atoms. The number of benzene rings is 1. The molecule has 2 rings (SSSR count). The summed E-state index contributed by atoms with van der Waals surface area (Å²) in [7, 11) is 1.49. The van der Waals surface area contributed by atoms with E-state index in [0.717, 1.165) is 36.8 Å². The number of aryl methyl sites for hydroxylation is 2. The number of hydrogen-bond acceptors (Lipinski definition) is 2. The molecule has 3 heteroatoms. The summed E-state index contributed by atoms with van der Waals surface area (Å²) in [6.07, 6.45) is 3.99. The van der Waals surface area contributed by atoms with Crippen LogP contribution in [-0.4, -0.2) is 12.6 Å². The Morgan fingerprint density at radius 3 is 2.62 bits per heavy atom. The molecule has 1 aliphatic rings. The molecule has 2 N–H and O–H groups in total. The molecule has 1 saturated carbocycles. The van der Waals surface area contributed by atoms with Crippen LogP contribution in [0.3, 0.4) is 0 Å². The van der Waals surface area contributed by atoms with Crippen molar-refractivity contribution in [2.24, 2.45) is 5.73 Å². The standard InChI is InChI=1S/C13H18FNO/c1-9-7-10(3-4-13(15)5-6-13)8-11(14)12(9)16-2/h7-8H,3-6,15H2,1-2H3. The van der Waals surface area contributed by atoms with Gasteiger partial charge in [0.2, 0.25) is 0 Å². The second kappa shape index (κ2) is 4.06. The molecule has 0 atom stereocenters. The fraction of sp³-hybridized carbons (Fsp3) is 0.538. The quantitative estimate of drug-likeness (QED) is 0.851. The third-order valence-electron chi connectivity index (χ3n) is 3.30. The minimum Gasteiger partial charge on any atom is -0.493 e.